The first-order valence-electron chi connectivity index (χ1n) is 10.00. The maximum Gasteiger partial charge on any atom is 0.344 e. The molecule has 0 saturated heterocycles. The highest BCUT2D eigenvalue weighted by Gasteiger charge is 2.12. The summed E-state index contributed by atoms with van der Waals surface area (Å²) in [4.78, 5) is 35.3. The second-order valence-electron chi connectivity index (χ2n) is 6.48. The molecular weight excluding hydrogens is 418 g/mol. The van der Waals surface area contributed by atoms with Crippen molar-refractivity contribution < 1.29 is 33.0 Å². The summed E-state index contributed by atoms with van der Waals surface area (Å²) in [6.45, 7) is 3.74. The molecule has 0 fully saturated rings. The Morgan fingerprint density at radius 3 is 2.41 bits per heavy atom. The lowest BCUT2D eigenvalue weighted by Gasteiger charge is -2.13. The van der Waals surface area contributed by atoms with Gasteiger partial charge in [-0.2, -0.15) is 0 Å². The third-order valence-electron chi connectivity index (χ3n) is 4.14. The van der Waals surface area contributed by atoms with Gasteiger partial charge in [-0.3, -0.25) is 4.79 Å². The summed E-state index contributed by atoms with van der Waals surface area (Å²) in [5.41, 5.74) is 0.331. The lowest BCUT2D eigenvalue weighted by molar-refractivity contribution is -0.149. The van der Waals surface area contributed by atoms with Gasteiger partial charge in [-0.1, -0.05) is 0 Å². The number of esters is 1. The summed E-state index contributed by atoms with van der Waals surface area (Å²) in [5.74, 6) is 0.160. The van der Waals surface area contributed by atoms with Gasteiger partial charge in [0.05, 0.1) is 13.2 Å². The maximum absolute atomic E-state index is 12.1. The molecule has 3 rings (SSSR count). The van der Waals surface area contributed by atoms with E-state index in [9.17, 15) is 14.4 Å². The molecule has 0 aliphatic heterocycles. The van der Waals surface area contributed by atoms with Gasteiger partial charge in [-0.15, -0.1) is 0 Å². The van der Waals surface area contributed by atoms with Crippen molar-refractivity contribution in [3.05, 3.63) is 59.0 Å². The van der Waals surface area contributed by atoms with Gasteiger partial charge in [0, 0.05) is 29.3 Å². The predicted octanol–water partition coefficient (Wildman–Crippen LogP) is 3.15. The molecule has 0 bridgehead atoms. The molecule has 0 atom stereocenters. The van der Waals surface area contributed by atoms with Crippen molar-refractivity contribution >= 4 is 28.5 Å². The second-order valence-corrected chi connectivity index (χ2v) is 6.48. The Bertz CT molecular complexity index is 1150. The van der Waals surface area contributed by atoms with Crippen molar-refractivity contribution in [2.75, 3.05) is 31.7 Å². The standard InChI is InChI=1S/C23H23NO8/c1-3-28-18-9-7-16(11-20(18)29-4-2)24-21(25)13-31-23(27)14-30-17-8-5-15-6-10-22(26)32-19(15)12-17/h5-12H,3-4,13-14H2,1-2H3,(H,24,25). The Hall–Kier alpha value is -4.01. The van der Waals surface area contributed by atoms with E-state index in [4.69, 9.17) is 23.4 Å². The first kappa shape index (κ1) is 22.7. The summed E-state index contributed by atoms with van der Waals surface area (Å²) in [6, 6.07) is 12.7. The number of ether oxygens (including phenoxy) is 4. The van der Waals surface area contributed by atoms with Crippen molar-refractivity contribution in [2.45, 2.75) is 13.8 Å². The molecule has 0 unspecified atom stereocenters. The average Bonchev–Trinajstić information content (AvgIpc) is 2.78. The summed E-state index contributed by atoms with van der Waals surface area (Å²) in [7, 11) is 0. The lowest BCUT2D eigenvalue weighted by atomic mass is 10.2. The van der Waals surface area contributed by atoms with Crippen LogP contribution in [0.2, 0.25) is 0 Å². The highest BCUT2D eigenvalue weighted by molar-refractivity contribution is 5.93. The van der Waals surface area contributed by atoms with E-state index in [0.29, 0.717) is 41.7 Å². The predicted molar refractivity (Wildman–Crippen MR) is 116 cm³/mol. The highest BCUT2D eigenvalue weighted by atomic mass is 16.6. The van der Waals surface area contributed by atoms with Crippen molar-refractivity contribution in [2.24, 2.45) is 0 Å². The Labute approximate surface area is 183 Å². The van der Waals surface area contributed by atoms with Crippen molar-refractivity contribution in [3.63, 3.8) is 0 Å². The average molecular weight is 441 g/mol. The molecule has 32 heavy (non-hydrogen) atoms. The van der Waals surface area contributed by atoms with Crippen LogP contribution in [0.1, 0.15) is 13.8 Å². The van der Waals surface area contributed by atoms with Crippen LogP contribution in [0.5, 0.6) is 17.2 Å². The largest absolute Gasteiger partial charge is 0.490 e. The van der Waals surface area contributed by atoms with Gasteiger partial charge in [0.1, 0.15) is 11.3 Å². The van der Waals surface area contributed by atoms with Gasteiger partial charge < -0.3 is 28.7 Å². The molecule has 9 heteroatoms. The highest BCUT2D eigenvalue weighted by Crippen LogP contribution is 2.30. The normalized spacial score (nSPS) is 10.4. The summed E-state index contributed by atoms with van der Waals surface area (Å²) in [5, 5.41) is 3.35. The smallest absolute Gasteiger partial charge is 0.344 e. The number of benzene rings is 2. The molecule has 1 N–H and O–H groups in total. The van der Waals surface area contributed by atoms with E-state index in [1.807, 2.05) is 13.8 Å². The molecule has 0 aliphatic rings. The van der Waals surface area contributed by atoms with Crippen LogP contribution in [-0.2, 0) is 14.3 Å². The van der Waals surface area contributed by atoms with Gasteiger partial charge in [0.25, 0.3) is 5.91 Å². The summed E-state index contributed by atoms with van der Waals surface area (Å²) in [6.07, 6.45) is 0. The molecule has 0 saturated carbocycles. The quantitative estimate of drug-likeness (QED) is 0.377. The number of hydrogen-bond donors (Lipinski definition) is 1. The van der Waals surface area contributed by atoms with Crippen LogP contribution in [0.15, 0.2) is 57.7 Å². The fraction of sp³-hybridized carbons (Fsp3) is 0.261. The monoisotopic (exact) mass is 441 g/mol. The number of fused-ring (bicyclic) bond motifs is 1. The number of carbonyl (C=O) groups excluding carboxylic acids is 2. The fourth-order valence-electron chi connectivity index (χ4n) is 2.79. The molecule has 2 aromatic carbocycles. The molecule has 168 valence electrons. The van der Waals surface area contributed by atoms with Gasteiger partial charge in [-0.05, 0) is 44.2 Å². The van der Waals surface area contributed by atoms with Gasteiger partial charge in [-0.25, -0.2) is 9.59 Å². The number of nitrogens with one attached hydrogen (secondary N) is 1. The topological polar surface area (TPSA) is 113 Å². The first-order chi connectivity index (χ1) is 15.5. The molecule has 0 spiro atoms. The summed E-state index contributed by atoms with van der Waals surface area (Å²) >= 11 is 0. The van der Waals surface area contributed by atoms with Crippen molar-refractivity contribution in [3.8, 4) is 17.2 Å². The van der Waals surface area contributed by atoms with E-state index >= 15 is 0 Å². The van der Waals surface area contributed by atoms with Crippen LogP contribution in [-0.4, -0.2) is 38.3 Å². The van der Waals surface area contributed by atoms with Crippen LogP contribution >= 0.6 is 0 Å². The third kappa shape index (κ3) is 6.24. The number of anilines is 1. The third-order valence-corrected chi connectivity index (χ3v) is 4.14. The zero-order valence-corrected chi connectivity index (χ0v) is 17.7. The minimum absolute atomic E-state index is 0.325. The van der Waals surface area contributed by atoms with E-state index in [1.54, 1.807) is 36.4 Å². The Morgan fingerprint density at radius 1 is 0.875 bits per heavy atom. The molecule has 1 amide bonds. The molecule has 0 radical (unpaired) electrons. The Kier molecular flexibility index (Phi) is 7.69. The van der Waals surface area contributed by atoms with E-state index < -0.39 is 30.7 Å². The zero-order chi connectivity index (χ0) is 22.9. The first-order valence-corrected chi connectivity index (χ1v) is 10.00. The zero-order valence-electron chi connectivity index (χ0n) is 17.7. The van der Waals surface area contributed by atoms with Crippen LogP contribution in [0, 0.1) is 0 Å². The molecular formula is C23H23NO8. The fourth-order valence-corrected chi connectivity index (χ4v) is 2.79. The second kappa shape index (κ2) is 10.9. The Balaban J connectivity index is 1.49. The number of amides is 1. The van der Waals surface area contributed by atoms with Crippen LogP contribution in [0.4, 0.5) is 5.69 Å². The van der Waals surface area contributed by atoms with E-state index in [-0.39, 0.29) is 0 Å². The van der Waals surface area contributed by atoms with Crippen LogP contribution in [0.25, 0.3) is 11.0 Å². The minimum atomic E-state index is -0.725. The molecule has 9 nitrogen and oxygen atoms in total. The number of rotatable bonds is 10. The minimum Gasteiger partial charge on any atom is -0.490 e. The Morgan fingerprint density at radius 2 is 1.62 bits per heavy atom. The van der Waals surface area contributed by atoms with Crippen molar-refractivity contribution in [1.29, 1.82) is 0 Å². The van der Waals surface area contributed by atoms with E-state index in [0.717, 1.165) is 5.39 Å². The maximum atomic E-state index is 12.1. The SMILES string of the molecule is CCOc1ccc(NC(=O)COC(=O)COc2ccc3ccc(=O)oc3c2)cc1OCC. The van der Waals surface area contributed by atoms with Gasteiger partial charge >= 0.3 is 11.6 Å². The molecule has 0 aliphatic carbocycles. The van der Waals surface area contributed by atoms with Crippen molar-refractivity contribution in [1.82, 2.24) is 0 Å². The summed E-state index contributed by atoms with van der Waals surface area (Å²) < 4.78 is 26.3. The number of carbonyl (C=O) groups is 2. The van der Waals surface area contributed by atoms with Crippen LogP contribution < -0.4 is 25.2 Å². The van der Waals surface area contributed by atoms with E-state index in [2.05, 4.69) is 5.32 Å². The lowest BCUT2D eigenvalue weighted by Crippen LogP contribution is -2.23. The van der Waals surface area contributed by atoms with Crippen LogP contribution in [0.3, 0.4) is 0 Å². The molecule has 3 aromatic rings. The molecule has 1 aromatic heterocycles. The number of hydrogen-bond acceptors (Lipinski definition) is 8. The van der Waals surface area contributed by atoms with E-state index in [1.165, 1.54) is 12.1 Å². The molecule has 1 heterocycles. The van der Waals surface area contributed by atoms with Gasteiger partial charge in [0.15, 0.2) is 24.7 Å². The van der Waals surface area contributed by atoms with Gasteiger partial charge in [0.2, 0.25) is 0 Å².